The van der Waals surface area contributed by atoms with Crippen LogP contribution in [0.1, 0.15) is 28.7 Å². The van der Waals surface area contributed by atoms with Gasteiger partial charge < -0.3 is 4.74 Å². The molecule has 0 aliphatic carbocycles. The number of hydrogen-bond acceptors (Lipinski definition) is 7. The first kappa shape index (κ1) is 16.0. The summed E-state index contributed by atoms with van der Waals surface area (Å²) < 4.78 is 29.4. The number of carbonyl (C=O) groups is 1. The smallest absolute Gasteiger partial charge is 0.342 e. The molecule has 2 heterocycles. The molecular weight excluding hydrogens is 310 g/mol. The minimum atomic E-state index is -4.24. The second-order valence-electron chi connectivity index (χ2n) is 4.49. The van der Waals surface area contributed by atoms with Crippen molar-refractivity contribution < 1.29 is 17.9 Å². The van der Waals surface area contributed by atoms with Crippen LogP contribution in [0, 0.1) is 13.8 Å². The number of primary sulfonamides is 1. The maximum Gasteiger partial charge on any atom is 0.342 e. The van der Waals surface area contributed by atoms with Crippen molar-refractivity contribution in [2.45, 2.75) is 25.8 Å². The topological polar surface area (TPSA) is 130 Å². The molecule has 0 aliphatic heterocycles. The maximum atomic E-state index is 11.9. The molecule has 0 aliphatic rings. The molecule has 2 aromatic rings. The van der Waals surface area contributed by atoms with Gasteiger partial charge in [0, 0.05) is 11.4 Å². The highest BCUT2D eigenvalue weighted by Gasteiger charge is 2.28. The normalized spacial score (nSPS) is 11.5. The Labute approximate surface area is 127 Å². The lowest BCUT2D eigenvalue weighted by Gasteiger charge is -2.07. The summed E-state index contributed by atoms with van der Waals surface area (Å²) in [7, 11) is -4.24. The average Bonchev–Trinajstić information content (AvgIpc) is 2.82. The zero-order valence-electron chi connectivity index (χ0n) is 12.3. The molecule has 2 rings (SSSR count). The van der Waals surface area contributed by atoms with Gasteiger partial charge in [0.1, 0.15) is 5.56 Å². The van der Waals surface area contributed by atoms with E-state index < -0.39 is 21.0 Å². The Balaban J connectivity index is 2.70. The third-order valence-electron chi connectivity index (χ3n) is 2.65. The van der Waals surface area contributed by atoms with Gasteiger partial charge in [-0.15, -0.1) is 0 Å². The van der Waals surface area contributed by atoms with Crippen LogP contribution < -0.4 is 5.14 Å². The largest absolute Gasteiger partial charge is 0.462 e. The summed E-state index contributed by atoms with van der Waals surface area (Å²) in [6.45, 7) is 5.15. The summed E-state index contributed by atoms with van der Waals surface area (Å²) in [4.78, 5) is 20.1. The Kier molecular flexibility index (Phi) is 4.24. The molecule has 22 heavy (non-hydrogen) atoms. The highest BCUT2D eigenvalue weighted by molar-refractivity contribution is 7.89. The third kappa shape index (κ3) is 3.12. The van der Waals surface area contributed by atoms with E-state index in [1.165, 1.54) is 0 Å². The SMILES string of the molecule is CCOC(=O)c1cnn(-c2nc(C)cc(C)n2)c1S(N)(=O)=O. The van der Waals surface area contributed by atoms with E-state index in [-0.39, 0.29) is 18.1 Å². The first-order chi connectivity index (χ1) is 10.2. The van der Waals surface area contributed by atoms with E-state index in [9.17, 15) is 13.2 Å². The molecule has 0 saturated heterocycles. The number of aromatic nitrogens is 4. The fourth-order valence-electron chi connectivity index (χ4n) is 1.90. The predicted octanol–water partition coefficient (Wildman–Crippen LogP) is 0.103. The van der Waals surface area contributed by atoms with E-state index in [2.05, 4.69) is 15.1 Å². The number of hydrogen-bond donors (Lipinski definition) is 1. The highest BCUT2D eigenvalue weighted by Crippen LogP contribution is 2.18. The molecule has 0 saturated carbocycles. The minimum Gasteiger partial charge on any atom is -0.462 e. The zero-order valence-corrected chi connectivity index (χ0v) is 13.1. The summed E-state index contributed by atoms with van der Waals surface area (Å²) in [6.07, 6.45) is 1.07. The fraction of sp³-hybridized carbons (Fsp3) is 0.333. The lowest BCUT2D eigenvalue weighted by molar-refractivity contribution is 0.0521. The molecule has 10 heteroatoms. The summed E-state index contributed by atoms with van der Waals surface area (Å²) in [6, 6.07) is 1.72. The van der Waals surface area contributed by atoms with E-state index in [4.69, 9.17) is 9.88 Å². The number of rotatable bonds is 4. The van der Waals surface area contributed by atoms with Crippen LogP contribution in [0.15, 0.2) is 17.3 Å². The van der Waals surface area contributed by atoms with Crippen LogP contribution in [-0.4, -0.2) is 40.7 Å². The van der Waals surface area contributed by atoms with Gasteiger partial charge in [-0.05, 0) is 26.8 Å². The molecule has 118 valence electrons. The van der Waals surface area contributed by atoms with E-state index >= 15 is 0 Å². The molecule has 2 aromatic heterocycles. The molecule has 9 nitrogen and oxygen atoms in total. The van der Waals surface area contributed by atoms with Crippen molar-refractivity contribution in [1.29, 1.82) is 0 Å². The van der Waals surface area contributed by atoms with Crippen molar-refractivity contribution in [3.05, 3.63) is 29.2 Å². The van der Waals surface area contributed by atoms with Gasteiger partial charge in [-0.1, -0.05) is 0 Å². The molecular formula is C12H15N5O4S. The van der Waals surface area contributed by atoms with Gasteiger partial charge in [0.15, 0.2) is 5.03 Å². The van der Waals surface area contributed by atoms with Crippen molar-refractivity contribution >= 4 is 16.0 Å². The van der Waals surface area contributed by atoms with Crippen molar-refractivity contribution in [3.63, 3.8) is 0 Å². The van der Waals surface area contributed by atoms with Crippen molar-refractivity contribution in [1.82, 2.24) is 19.7 Å². The zero-order chi connectivity index (χ0) is 16.5. The summed E-state index contributed by atoms with van der Waals surface area (Å²) in [5, 5.41) is 8.56. The lowest BCUT2D eigenvalue weighted by Crippen LogP contribution is -2.22. The van der Waals surface area contributed by atoms with Gasteiger partial charge in [-0.2, -0.15) is 9.78 Å². The van der Waals surface area contributed by atoms with Crippen LogP contribution in [0.3, 0.4) is 0 Å². The number of carbonyl (C=O) groups excluding carboxylic acids is 1. The van der Waals surface area contributed by atoms with Crippen LogP contribution in [-0.2, 0) is 14.8 Å². The van der Waals surface area contributed by atoms with E-state index in [1.807, 2.05) is 0 Å². The van der Waals surface area contributed by atoms with Gasteiger partial charge in [0.05, 0.1) is 12.8 Å². The quantitative estimate of drug-likeness (QED) is 0.789. The number of aryl methyl sites for hydroxylation is 2. The molecule has 0 radical (unpaired) electrons. The van der Waals surface area contributed by atoms with E-state index in [1.54, 1.807) is 26.8 Å². The fourth-order valence-corrected chi connectivity index (χ4v) is 2.72. The van der Waals surface area contributed by atoms with Gasteiger partial charge in [0.2, 0.25) is 0 Å². The van der Waals surface area contributed by atoms with Crippen molar-refractivity contribution in [2.75, 3.05) is 6.61 Å². The Morgan fingerprint density at radius 3 is 2.41 bits per heavy atom. The van der Waals surface area contributed by atoms with Crippen LogP contribution in [0.5, 0.6) is 0 Å². The Morgan fingerprint density at radius 2 is 1.91 bits per heavy atom. The molecule has 0 fully saturated rings. The molecule has 0 bridgehead atoms. The number of nitrogens with two attached hydrogens (primary N) is 1. The molecule has 0 amide bonds. The van der Waals surface area contributed by atoms with Gasteiger partial charge in [-0.25, -0.2) is 28.3 Å². The predicted molar refractivity (Wildman–Crippen MR) is 76.0 cm³/mol. The van der Waals surface area contributed by atoms with Gasteiger partial charge in [0.25, 0.3) is 16.0 Å². The first-order valence-electron chi connectivity index (χ1n) is 6.34. The van der Waals surface area contributed by atoms with Crippen molar-refractivity contribution in [2.24, 2.45) is 5.14 Å². The number of ether oxygens (including phenoxy) is 1. The van der Waals surface area contributed by atoms with Crippen LogP contribution in [0.25, 0.3) is 5.95 Å². The maximum absolute atomic E-state index is 11.9. The molecule has 0 atom stereocenters. The number of sulfonamides is 1. The van der Waals surface area contributed by atoms with Crippen LogP contribution >= 0.6 is 0 Å². The molecule has 0 aromatic carbocycles. The van der Waals surface area contributed by atoms with E-state index in [0.717, 1.165) is 10.9 Å². The molecule has 2 N–H and O–H groups in total. The number of esters is 1. The van der Waals surface area contributed by atoms with Gasteiger partial charge >= 0.3 is 5.97 Å². The van der Waals surface area contributed by atoms with Crippen molar-refractivity contribution in [3.8, 4) is 5.95 Å². The molecule has 0 unspecified atom stereocenters. The molecule has 0 spiro atoms. The standard InChI is InChI=1S/C12H15N5O4S/c1-4-21-11(18)9-6-14-17(10(9)22(13,19)20)12-15-7(2)5-8(3)16-12/h5-6H,4H2,1-3H3,(H2,13,19,20). The highest BCUT2D eigenvalue weighted by atomic mass is 32.2. The van der Waals surface area contributed by atoms with Crippen LogP contribution in [0.4, 0.5) is 0 Å². The monoisotopic (exact) mass is 325 g/mol. The lowest BCUT2D eigenvalue weighted by atomic mass is 10.3. The van der Waals surface area contributed by atoms with Gasteiger partial charge in [-0.3, -0.25) is 0 Å². The average molecular weight is 325 g/mol. The Bertz CT molecular complexity index is 808. The summed E-state index contributed by atoms with van der Waals surface area (Å²) >= 11 is 0. The second-order valence-corrected chi connectivity index (χ2v) is 5.97. The third-order valence-corrected chi connectivity index (χ3v) is 3.58. The first-order valence-corrected chi connectivity index (χ1v) is 7.89. The Morgan fingerprint density at radius 1 is 1.32 bits per heavy atom. The number of nitrogens with zero attached hydrogens (tertiary/aromatic N) is 4. The minimum absolute atomic E-state index is 0.0112. The summed E-state index contributed by atoms with van der Waals surface area (Å²) in [5.41, 5.74) is 0.985. The Hall–Kier alpha value is -2.33. The second kappa shape index (κ2) is 5.81. The van der Waals surface area contributed by atoms with E-state index in [0.29, 0.717) is 11.4 Å². The van der Waals surface area contributed by atoms with Crippen LogP contribution in [0.2, 0.25) is 0 Å². The summed E-state index contributed by atoms with van der Waals surface area (Å²) in [5.74, 6) is -0.820.